The molecule has 1 aliphatic heterocycles. The first kappa shape index (κ1) is 16.9. The fourth-order valence-electron chi connectivity index (χ4n) is 2.71. The first-order valence-corrected chi connectivity index (χ1v) is 9.18. The van der Waals surface area contributed by atoms with Crippen molar-refractivity contribution in [1.82, 2.24) is 14.5 Å². The highest BCUT2D eigenvalue weighted by atomic mass is 32.2. The third-order valence-corrected chi connectivity index (χ3v) is 5.17. The van der Waals surface area contributed by atoms with Gasteiger partial charge in [0.05, 0.1) is 12.2 Å². The highest BCUT2D eigenvalue weighted by Crippen LogP contribution is 2.15. The van der Waals surface area contributed by atoms with Crippen molar-refractivity contribution in [2.24, 2.45) is 5.92 Å². The Morgan fingerprint density at radius 1 is 1.23 bits per heavy atom. The van der Waals surface area contributed by atoms with E-state index >= 15 is 0 Å². The van der Waals surface area contributed by atoms with Crippen LogP contribution in [0.1, 0.15) is 5.56 Å². The van der Waals surface area contributed by atoms with Gasteiger partial charge in [0.25, 0.3) is 0 Å². The van der Waals surface area contributed by atoms with E-state index in [0.29, 0.717) is 26.2 Å². The Morgan fingerprint density at radius 2 is 1.91 bits per heavy atom. The average molecular weight is 325 g/mol. The second kappa shape index (κ2) is 7.21. The Labute approximate surface area is 132 Å². The van der Waals surface area contributed by atoms with Gasteiger partial charge < -0.3 is 5.32 Å². The molecule has 1 fully saturated rings. The quantitative estimate of drug-likeness (QED) is 0.854. The monoisotopic (exact) mass is 325 g/mol. The lowest BCUT2D eigenvalue weighted by Crippen LogP contribution is -2.41. The van der Waals surface area contributed by atoms with Crippen LogP contribution in [-0.2, 0) is 21.4 Å². The lowest BCUT2D eigenvalue weighted by Gasteiger charge is -2.23. The summed E-state index contributed by atoms with van der Waals surface area (Å²) in [4.78, 5) is 14.2. The van der Waals surface area contributed by atoms with Gasteiger partial charge in [0.1, 0.15) is 0 Å². The van der Waals surface area contributed by atoms with Crippen LogP contribution in [0, 0.1) is 5.92 Å². The maximum Gasteiger partial charge on any atom is 0.225 e. The van der Waals surface area contributed by atoms with Crippen LogP contribution >= 0.6 is 0 Å². The Hall–Kier alpha value is -1.44. The molecule has 1 N–H and O–H groups in total. The Balaban J connectivity index is 2.14. The second-order valence-electron chi connectivity index (χ2n) is 5.65. The number of carbonyl (C=O) groups excluding carboxylic acids is 1. The third-order valence-electron chi connectivity index (χ3n) is 3.90. The first-order chi connectivity index (χ1) is 10.4. The van der Waals surface area contributed by atoms with E-state index in [1.165, 1.54) is 10.6 Å². The van der Waals surface area contributed by atoms with E-state index in [9.17, 15) is 13.2 Å². The molecule has 0 radical (unpaired) electrons. The van der Waals surface area contributed by atoms with E-state index in [0.717, 1.165) is 5.56 Å². The minimum Gasteiger partial charge on any atom is -0.359 e. The number of benzene rings is 1. The van der Waals surface area contributed by atoms with Crippen LogP contribution in [-0.4, -0.2) is 63.0 Å². The van der Waals surface area contributed by atoms with Gasteiger partial charge in [-0.2, -0.15) is 0 Å². The van der Waals surface area contributed by atoms with Gasteiger partial charge in [0.15, 0.2) is 0 Å². The van der Waals surface area contributed by atoms with E-state index < -0.39 is 10.0 Å². The predicted octanol–water partition coefficient (Wildman–Crippen LogP) is 0.126. The normalized spacial score (nSPS) is 21.3. The minimum absolute atomic E-state index is 0.117. The molecule has 0 saturated carbocycles. The van der Waals surface area contributed by atoms with Crippen molar-refractivity contribution in [3.63, 3.8) is 0 Å². The number of rotatable bonds is 4. The van der Waals surface area contributed by atoms with Crippen molar-refractivity contribution in [1.29, 1.82) is 0 Å². The van der Waals surface area contributed by atoms with Crippen LogP contribution in [0.15, 0.2) is 30.3 Å². The predicted molar refractivity (Wildman–Crippen MR) is 85.7 cm³/mol. The molecule has 0 bridgehead atoms. The number of carbonyl (C=O) groups is 1. The number of nitrogens with zero attached hydrogens (tertiary/aromatic N) is 2. The number of hydrogen-bond acceptors (Lipinski definition) is 4. The molecular formula is C15H23N3O3S. The Kier molecular flexibility index (Phi) is 5.55. The summed E-state index contributed by atoms with van der Waals surface area (Å²) in [6.07, 6.45) is 1.20. The van der Waals surface area contributed by atoms with Gasteiger partial charge in [-0.05, 0) is 5.56 Å². The van der Waals surface area contributed by atoms with Crippen molar-refractivity contribution in [2.75, 3.05) is 39.5 Å². The molecule has 1 heterocycles. The molecule has 1 saturated heterocycles. The van der Waals surface area contributed by atoms with E-state index in [1.54, 1.807) is 7.05 Å². The molecule has 0 unspecified atom stereocenters. The highest BCUT2D eigenvalue weighted by Gasteiger charge is 2.31. The summed E-state index contributed by atoms with van der Waals surface area (Å²) < 4.78 is 25.1. The maximum absolute atomic E-state index is 12.0. The molecular weight excluding hydrogens is 302 g/mol. The van der Waals surface area contributed by atoms with Gasteiger partial charge in [-0.15, -0.1) is 0 Å². The fraction of sp³-hybridized carbons (Fsp3) is 0.533. The van der Waals surface area contributed by atoms with Crippen LogP contribution in [0.5, 0.6) is 0 Å². The summed E-state index contributed by atoms with van der Waals surface area (Å²) >= 11 is 0. The number of nitrogens with one attached hydrogen (secondary N) is 1. The molecule has 1 amide bonds. The van der Waals surface area contributed by atoms with E-state index in [4.69, 9.17) is 0 Å². The Morgan fingerprint density at radius 3 is 2.50 bits per heavy atom. The summed E-state index contributed by atoms with van der Waals surface area (Å²) in [5.74, 6) is -0.473. The number of sulfonamides is 1. The zero-order valence-electron chi connectivity index (χ0n) is 13.0. The number of hydrogen-bond donors (Lipinski definition) is 1. The number of amides is 1. The smallest absolute Gasteiger partial charge is 0.225 e. The van der Waals surface area contributed by atoms with Crippen LogP contribution < -0.4 is 5.32 Å². The minimum atomic E-state index is -3.29. The van der Waals surface area contributed by atoms with Crippen molar-refractivity contribution >= 4 is 15.9 Å². The molecule has 0 spiro atoms. The Bertz CT molecular complexity index is 604. The fourth-order valence-corrected chi connectivity index (χ4v) is 3.57. The highest BCUT2D eigenvalue weighted by molar-refractivity contribution is 7.88. The van der Waals surface area contributed by atoms with E-state index in [2.05, 4.69) is 10.2 Å². The summed E-state index contributed by atoms with van der Waals surface area (Å²) in [6.45, 7) is 2.55. The molecule has 0 aromatic heterocycles. The van der Waals surface area contributed by atoms with Gasteiger partial charge in [0, 0.05) is 39.8 Å². The van der Waals surface area contributed by atoms with Gasteiger partial charge in [-0.25, -0.2) is 12.7 Å². The molecule has 2 rings (SSSR count). The summed E-state index contributed by atoms with van der Waals surface area (Å²) in [6, 6.07) is 9.99. The molecule has 1 aromatic carbocycles. The lowest BCUT2D eigenvalue weighted by molar-refractivity contribution is -0.125. The molecule has 22 heavy (non-hydrogen) atoms. The van der Waals surface area contributed by atoms with Crippen molar-refractivity contribution in [2.45, 2.75) is 6.54 Å². The molecule has 0 aliphatic carbocycles. The summed E-state index contributed by atoms with van der Waals surface area (Å²) in [5, 5.41) is 2.63. The van der Waals surface area contributed by atoms with Crippen molar-refractivity contribution in [3.8, 4) is 0 Å². The lowest BCUT2D eigenvalue weighted by atomic mass is 10.1. The zero-order valence-corrected chi connectivity index (χ0v) is 13.8. The van der Waals surface area contributed by atoms with Crippen LogP contribution in [0.4, 0.5) is 0 Å². The molecule has 1 aliphatic rings. The molecule has 1 atom stereocenters. The maximum atomic E-state index is 12.0. The van der Waals surface area contributed by atoms with E-state index in [1.807, 2.05) is 30.3 Å². The molecule has 1 aromatic rings. The van der Waals surface area contributed by atoms with E-state index in [-0.39, 0.29) is 18.4 Å². The standard InChI is InChI=1S/C15H23N3O3S/c1-16-15(19)14-11-17(10-13-6-4-3-5-7-13)8-9-18(12-14)22(2,20)21/h3-7,14H,8-12H2,1-2H3,(H,16,19)/t14-/m0/s1. The zero-order chi connectivity index (χ0) is 16.2. The van der Waals surface area contributed by atoms with Crippen LogP contribution in [0.3, 0.4) is 0 Å². The first-order valence-electron chi connectivity index (χ1n) is 7.33. The molecule has 6 nitrogen and oxygen atoms in total. The largest absolute Gasteiger partial charge is 0.359 e. The van der Waals surface area contributed by atoms with Crippen LogP contribution in [0.25, 0.3) is 0 Å². The summed E-state index contributed by atoms with van der Waals surface area (Å²) in [7, 11) is -1.71. The second-order valence-corrected chi connectivity index (χ2v) is 7.64. The molecule has 7 heteroatoms. The SMILES string of the molecule is CNC(=O)[C@H]1CN(Cc2ccccc2)CCN(S(C)(=O)=O)C1. The van der Waals surface area contributed by atoms with Gasteiger partial charge in [0.2, 0.25) is 15.9 Å². The molecule has 122 valence electrons. The topological polar surface area (TPSA) is 69.7 Å². The van der Waals surface area contributed by atoms with Crippen LogP contribution in [0.2, 0.25) is 0 Å². The van der Waals surface area contributed by atoms with Gasteiger partial charge in [-0.3, -0.25) is 9.69 Å². The van der Waals surface area contributed by atoms with Gasteiger partial charge in [-0.1, -0.05) is 30.3 Å². The van der Waals surface area contributed by atoms with Gasteiger partial charge >= 0.3 is 0 Å². The van der Waals surface area contributed by atoms with Crippen molar-refractivity contribution < 1.29 is 13.2 Å². The summed E-state index contributed by atoms with van der Waals surface area (Å²) in [5.41, 5.74) is 1.16. The van der Waals surface area contributed by atoms with Crippen molar-refractivity contribution in [3.05, 3.63) is 35.9 Å². The third kappa shape index (κ3) is 4.53. The average Bonchev–Trinajstić information content (AvgIpc) is 2.70.